The summed E-state index contributed by atoms with van der Waals surface area (Å²) in [7, 11) is 2.15. The molecule has 0 bridgehead atoms. The van der Waals surface area contributed by atoms with E-state index in [9.17, 15) is 4.79 Å². The number of likely N-dealkylation sites (N-methyl/N-ethyl adjacent to an activating group) is 1. The molecule has 0 radical (unpaired) electrons. The van der Waals surface area contributed by atoms with Gasteiger partial charge < -0.3 is 19.5 Å². The van der Waals surface area contributed by atoms with Crippen LogP contribution < -0.4 is 10.2 Å². The number of piperazine rings is 1. The number of hydrogen-bond donors (Lipinski definition) is 1. The number of nitrogens with zero attached hydrogens (tertiary/aromatic N) is 2. The molecule has 1 amide bonds. The van der Waals surface area contributed by atoms with Gasteiger partial charge >= 0.3 is 0 Å². The second kappa shape index (κ2) is 8.53. The van der Waals surface area contributed by atoms with Crippen molar-refractivity contribution in [2.24, 2.45) is 0 Å². The van der Waals surface area contributed by atoms with E-state index in [1.54, 1.807) is 6.08 Å². The van der Waals surface area contributed by atoms with Gasteiger partial charge in [0.15, 0.2) is 0 Å². The Kier molecular flexibility index (Phi) is 5.67. The third kappa shape index (κ3) is 4.35. The molecule has 1 aliphatic rings. The molecule has 0 spiro atoms. The molecule has 1 saturated heterocycles. The highest BCUT2D eigenvalue weighted by Crippen LogP contribution is 2.27. The number of hydrogen-bond acceptors (Lipinski definition) is 4. The molecule has 1 aromatic heterocycles. The maximum Gasteiger partial charge on any atom is 0.248 e. The maximum atomic E-state index is 12.4. The molecule has 5 heteroatoms. The van der Waals surface area contributed by atoms with Gasteiger partial charge in [-0.25, -0.2) is 0 Å². The highest BCUT2D eigenvalue weighted by Gasteiger charge is 2.14. The molecule has 2 aromatic carbocycles. The lowest BCUT2D eigenvalue weighted by molar-refractivity contribution is -0.111. The number of amides is 1. The Labute approximate surface area is 171 Å². The Balaban J connectivity index is 1.42. The van der Waals surface area contributed by atoms with Crippen LogP contribution in [-0.2, 0) is 11.2 Å². The molecule has 150 valence electrons. The average Bonchev–Trinajstić information content (AvgIpc) is 3.11. The highest BCUT2D eigenvalue weighted by atomic mass is 16.3. The van der Waals surface area contributed by atoms with Gasteiger partial charge in [-0.15, -0.1) is 0 Å². The zero-order valence-electron chi connectivity index (χ0n) is 17.0. The molecule has 0 saturated carbocycles. The van der Waals surface area contributed by atoms with E-state index in [0.29, 0.717) is 0 Å². The number of anilines is 2. The van der Waals surface area contributed by atoms with Gasteiger partial charge in [-0.05, 0) is 43.5 Å². The number of fused-ring (bicyclic) bond motifs is 1. The molecule has 2 heterocycles. The Morgan fingerprint density at radius 2 is 1.79 bits per heavy atom. The second-order valence-corrected chi connectivity index (χ2v) is 7.45. The summed E-state index contributed by atoms with van der Waals surface area (Å²) in [6.45, 7) is 6.27. The molecule has 0 unspecified atom stereocenters. The van der Waals surface area contributed by atoms with Gasteiger partial charge in [-0.3, -0.25) is 4.79 Å². The van der Waals surface area contributed by atoms with Gasteiger partial charge in [0.05, 0.1) is 0 Å². The topological polar surface area (TPSA) is 48.7 Å². The third-order valence-electron chi connectivity index (χ3n) is 5.44. The standard InChI is InChI=1S/C24H27N3O2/c1-3-22-21(20-6-4-5-7-23(20)29-22)12-13-24(28)25-18-8-10-19(11-9-18)27-16-14-26(2)15-17-27/h4-13H,3,14-17H2,1-2H3,(H,25,28). The molecular formula is C24H27N3O2. The van der Waals surface area contributed by atoms with Crippen molar-refractivity contribution in [1.29, 1.82) is 0 Å². The van der Waals surface area contributed by atoms with Crippen LogP contribution in [0.25, 0.3) is 17.0 Å². The van der Waals surface area contributed by atoms with E-state index in [1.165, 1.54) is 5.69 Å². The van der Waals surface area contributed by atoms with Gasteiger partial charge in [0, 0.05) is 61.0 Å². The summed E-state index contributed by atoms with van der Waals surface area (Å²) in [5, 5.41) is 3.98. The Hall–Kier alpha value is -3.05. The molecule has 29 heavy (non-hydrogen) atoms. The first-order valence-corrected chi connectivity index (χ1v) is 10.2. The number of rotatable bonds is 5. The molecule has 0 atom stereocenters. The zero-order chi connectivity index (χ0) is 20.2. The maximum absolute atomic E-state index is 12.4. The van der Waals surface area contributed by atoms with Crippen LogP contribution in [0, 0.1) is 0 Å². The number of aryl methyl sites for hydroxylation is 1. The lowest BCUT2D eigenvalue weighted by Gasteiger charge is -2.34. The molecule has 1 aliphatic heterocycles. The Bertz CT molecular complexity index is 1010. The monoisotopic (exact) mass is 389 g/mol. The van der Waals surface area contributed by atoms with Crippen molar-refractivity contribution in [1.82, 2.24) is 4.90 Å². The first-order valence-electron chi connectivity index (χ1n) is 10.2. The minimum atomic E-state index is -0.148. The lowest BCUT2D eigenvalue weighted by Crippen LogP contribution is -2.44. The smallest absolute Gasteiger partial charge is 0.248 e. The predicted molar refractivity (Wildman–Crippen MR) is 119 cm³/mol. The van der Waals surface area contributed by atoms with Crippen LogP contribution in [0.2, 0.25) is 0 Å². The summed E-state index contributed by atoms with van der Waals surface area (Å²) in [5.41, 5.74) is 3.82. The lowest BCUT2D eigenvalue weighted by atomic mass is 10.1. The first-order chi connectivity index (χ1) is 14.1. The van der Waals surface area contributed by atoms with Crippen molar-refractivity contribution in [3.63, 3.8) is 0 Å². The number of nitrogens with one attached hydrogen (secondary N) is 1. The predicted octanol–water partition coefficient (Wildman–Crippen LogP) is 4.40. The number of carbonyl (C=O) groups excluding carboxylic acids is 1. The SMILES string of the molecule is CCc1oc2ccccc2c1C=CC(=O)Nc1ccc(N2CCN(C)CC2)cc1. The van der Waals surface area contributed by atoms with Crippen molar-refractivity contribution < 1.29 is 9.21 Å². The van der Waals surface area contributed by atoms with Crippen molar-refractivity contribution in [3.8, 4) is 0 Å². The minimum Gasteiger partial charge on any atom is -0.460 e. The van der Waals surface area contributed by atoms with E-state index >= 15 is 0 Å². The van der Waals surface area contributed by atoms with Crippen LogP contribution in [0.5, 0.6) is 0 Å². The van der Waals surface area contributed by atoms with Gasteiger partial charge in [0.1, 0.15) is 11.3 Å². The quantitative estimate of drug-likeness (QED) is 0.657. The van der Waals surface area contributed by atoms with Gasteiger partial charge in [0.2, 0.25) is 5.91 Å². The largest absolute Gasteiger partial charge is 0.460 e. The molecule has 1 N–H and O–H groups in total. The van der Waals surface area contributed by atoms with Crippen molar-refractivity contribution >= 4 is 34.3 Å². The molecule has 5 nitrogen and oxygen atoms in total. The highest BCUT2D eigenvalue weighted by molar-refractivity contribution is 6.03. The molecule has 3 aromatic rings. The summed E-state index contributed by atoms with van der Waals surface area (Å²) in [5.74, 6) is 0.747. The summed E-state index contributed by atoms with van der Waals surface area (Å²) in [6.07, 6.45) is 4.20. The van der Waals surface area contributed by atoms with Gasteiger partial charge in [-0.2, -0.15) is 0 Å². The van der Waals surface area contributed by atoms with E-state index < -0.39 is 0 Å². The molecule has 1 fully saturated rings. The van der Waals surface area contributed by atoms with Crippen LogP contribution in [0.4, 0.5) is 11.4 Å². The zero-order valence-corrected chi connectivity index (χ0v) is 17.0. The molecular weight excluding hydrogens is 362 g/mol. The Morgan fingerprint density at radius 3 is 2.52 bits per heavy atom. The van der Waals surface area contributed by atoms with Crippen LogP contribution in [0.3, 0.4) is 0 Å². The average molecular weight is 389 g/mol. The van der Waals surface area contributed by atoms with Crippen LogP contribution in [0.1, 0.15) is 18.2 Å². The van der Waals surface area contributed by atoms with Crippen LogP contribution in [0.15, 0.2) is 59.0 Å². The molecule has 0 aliphatic carbocycles. The van der Waals surface area contributed by atoms with Gasteiger partial charge in [0.25, 0.3) is 0 Å². The number of furan rings is 1. The fourth-order valence-corrected chi connectivity index (χ4v) is 3.72. The summed E-state index contributed by atoms with van der Waals surface area (Å²) < 4.78 is 5.89. The van der Waals surface area contributed by atoms with Crippen molar-refractivity contribution in [2.45, 2.75) is 13.3 Å². The van der Waals surface area contributed by atoms with Gasteiger partial charge in [-0.1, -0.05) is 25.1 Å². The van der Waals surface area contributed by atoms with Crippen molar-refractivity contribution in [3.05, 3.63) is 65.9 Å². The third-order valence-corrected chi connectivity index (χ3v) is 5.44. The van der Waals surface area contributed by atoms with E-state index in [2.05, 4.69) is 41.2 Å². The molecule has 4 rings (SSSR count). The first kappa shape index (κ1) is 19.3. The second-order valence-electron chi connectivity index (χ2n) is 7.45. The summed E-state index contributed by atoms with van der Waals surface area (Å²) in [4.78, 5) is 17.1. The van der Waals surface area contributed by atoms with E-state index in [1.807, 2.05) is 42.5 Å². The normalized spacial score (nSPS) is 15.3. The van der Waals surface area contributed by atoms with Crippen LogP contribution in [-0.4, -0.2) is 44.0 Å². The number of carbonyl (C=O) groups is 1. The fraction of sp³-hybridized carbons (Fsp3) is 0.292. The van der Waals surface area contributed by atoms with E-state index in [-0.39, 0.29) is 5.91 Å². The summed E-state index contributed by atoms with van der Waals surface area (Å²) in [6, 6.07) is 16.0. The fourth-order valence-electron chi connectivity index (χ4n) is 3.72. The minimum absolute atomic E-state index is 0.148. The number of benzene rings is 2. The van der Waals surface area contributed by atoms with E-state index in [4.69, 9.17) is 4.42 Å². The Morgan fingerprint density at radius 1 is 1.07 bits per heavy atom. The van der Waals surface area contributed by atoms with Crippen molar-refractivity contribution in [2.75, 3.05) is 43.4 Å². The van der Waals surface area contributed by atoms with E-state index in [0.717, 1.165) is 60.6 Å². The number of para-hydroxylation sites is 1. The van der Waals surface area contributed by atoms with Crippen LogP contribution >= 0.6 is 0 Å². The summed E-state index contributed by atoms with van der Waals surface area (Å²) >= 11 is 0.